The van der Waals surface area contributed by atoms with Crippen molar-refractivity contribution < 1.29 is 9.53 Å². The number of esters is 1. The number of carbonyl (C=O) groups excluding carboxylic acids is 1. The lowest BCUT2D eigenvalue weighted by Crippen LogP contribution is -2.28. The molecule has 0 aliphatic carbocycles. The average Bonchev–Trinajstić information content (AvgIpc) is 2.65. The molecule has 21 heavy (non-hydrogen) atoms. The quantitative estimate of drug-likeness (QED) is 0.480. The number of rotatable bonds is 4. The summed E-state index contributed by atoms with van der Waals surface area (Å²) in [6, 6.07) is 7.49. The maximum Gasteiger partial charge on any atom is 0.308 e. The Hall–Kier alpha value is -1.68. The molecule has 0 unspecified atom stereocenters. The molecule has 1 fully saturated rings. The van der Waals surface area contributed by atoms with Crippen molar-refractivity contribution in [2.45, 2.75) is 32.6 Å². The third-order valence-electron chi connectivity index (χ3n) is 3.45. The summed E-state index contributed by atoms with van der Waals surface area (Å²) in [4.78, 5) is 14.2. The Kier molecular flexibility index (Phi) is 5.93. The van der Waals surface area contributed by atoms with Gasteiger partial charge in [-0.25, -0.2) is 0 Å². The Morgan fingerprint density at radius 2 is 2.05 bits per heavy atom. The van der Waals surface area contributed by atoms with Gasteiger partial charge in [0.05, 0.1) is 4.99 Å². The van der Waals surface area contributed by atoms with Gasteiger partial charge < -0.3 is 9.64 Å². The van der Waals surface area contributed by atoms with E-state index >= 15 is 0 Å². The molecule has 0 bridgehead atoms. The molecule has 0 aromatic heterocycles. The molecule has 1 aromatic carbocycles. The molecule has 1 saturated heterocycles. The lowest BCUT2D eigenvalue weighted by molar-refractivity contribution is -0.131. The van der Waals surface area contributed by atoms with Crippen LogP contribution in [0.1, 0.15) is 38.2 Å². The van der Waals surface area contributed by atoms with Crippen LogP contribution in [0.15, 0.2) is 30.3 Å². The number of ether oxygens (including phenoxy) is 1. The first-order chi connectivity index (χ1) is 10.1. The smallest absolute Gasteiger partial charge is 0.308 e. The maximum absolute atomic E-state index is 10.9. The zero-order valence-corrected chi connectivity index (χ0v) is 13.2. The molecule has 1 aliphatic heterocycles. The van der Waals surface area contributed by atoms with Crippen molar-refractivity contribution in [3.05, 3.63) is 35.9 Å². The summed E-state index contributed by atoms with van der Waals surface area (Å²) in [5.41, 5.74) is 1.09. The Morgan fingerprint density at radius 3 is 2.76 bits per heavy atom. The van der Waals surface area contributed by atoms with Gasteiger partial charge >= 0.3 is 5.97 Å². The van der Waals surface area contributed by atoms with E-state index in [0.29, 0.717) is 5.75 Å². The van der Waals surface area contributed by atoms with Crippen LogP contribution < -0.4 is 4.74 Å². The van der Waals surface area contributed by atoms with Crippen molar-refractivity contribution in [1.82, 2.24) is 4.90 Å². The molecule has 0 N–H and O–H groups in total. The second-order valence-corrected chi connectivity index (χ2v) is 5.69. The summed E-state index contributed by atoms with van der Waals surface area (Å²) in [7, 11) is 0. The average molecular weight is 303 g/mol. The fourth-order valence-corrected chi connectivity index (χ4v) is 2.67. The molecule has 0 radical (unpaired) electrons. The number of likely N-dealkylation sites (tertiary alicyclic amines) is 1. The van der Waals surface area contributed by atoms with E-state index in [4.69, 9.17) is 17.0 Å². The molecule has 112 valence electrons. The van der Waals surface area contributed by atoms with Crippen molar-refractivity contribution >= 4 is 29.3 Å². The Balaban J connectivity index is 1.88. The number of carbonyl (C=O) groups is 1. The van der Waals surface area contributed by atoms with Gasteiger partial charge in [0.1, 0.15) is 5.75 Å². The Bertz CT molecular complexity index is 522. The van der Waals surface area contributed by atoms with Crippen LogP contribution >= 0.6 is 12.2 Å². The van der Waals surface area contributed by atoms with Crippen LogP contribution in [0.2, 0.25) is 0 Å². The van der Waals surface area contributed by atoms with Crippen LogP contribution in [0, 0.1) is 0 Å². The third kappa shape index (κ3) is 5.31. The number of hydrogen-bond donors (Lipinski definition) is 0. The minimum atomic E-state index is -0.298. The van der Waals surface area contributed by atoms with E-state index < -0.39 is 0 Å². The molecule has 4 heteroatoms. The van der Waals surface area contributed by atoms with Gasteiger partial charge in [0.25, 0.3) is 0 Å². The minimum absolute atomic E-state index is 0.298. The van der Waals surface area contributed by atoms with E-state index in [1.54, 1.807) is 12.1 Å². The van der Waals surface area contributed by atoms with Gasteiger partial charge in [0.15, 0.2) is 0 Å². The molecule has 0 spiro atoms. The number of nitrogens with zero attached hydrogens (tertiary/aromatic N) is 1. The van der Waals surface area contributed by atoms with Crippen molar-refractivity contribution in [2.24, 2.45) is 0 Å². The van der Waals surface area contributed by atoms with Crippen LogP contribution in [-0.2, 0) is 4.79 Å². The lowest BCUT2D eigenvalue weighted by Gasteiger charge is -2.21. The molecule has 0 amide bonds. The van der Waals surface area contributed by atoms with Gasteiger partial charge in [-0.15, -0.1) is 0 Å². The second kappa shape index (κ2) is 7.93. The van der Waals surface area contributed by atoms with Gasteiger partial charge in [0, 0.05) is 20.0 Å². The first-order valence-electron chi connectivity index (χ1n) is 7.38. The van der Waals surface area contributed by atoms with E-state index in [-0.39, 0.29) is 5.97 Å². The lowest BCUT2D eigenvalue weighted by atomic mass is 10.2. The summed E-state index contributed by atoms with van der Waals surface area (Å²) in [6.07, 6.45) is 8.98. The summed E-state index contributed by atoms with van der Waals surface area (Å²) < 4.78 is 5.01. The van der Waals surface area contributed by atoms with E-state index in [1.807, 2.05) is 12.1 Å². The van der Waals surface area contributed by atoms with Crippen molar-refractivity contribution in [3.63, 3.8) is 0 Å². The predicted molar refractivity (Wildman–Crippen MR) is 89.4 cm³/mol. The maximum atomic E-state index is 10.9. The molecule has 3 nitrogen and oxygen atoms in total. The minimum Gasteiger partial charge on any atom is -0.427 e. The molecule has 1 heterocycles. The molecule has 2 rings (SSSR count). The fourth-order valence-electron chi connectivity index (χ4n) is 2.36. The zero-order valence-electron chi connectivity index (χ0n) is 12.4. The van der Waals surface area contributed by atoms with Crippen molar-refractivity contribution in [3.8, 4) is 5.75 Å². The number of thiocarbonyl (C=S) groups is 1. The molecule has 1 aromatic rings. The van der Waals surface area contributed by atoms with E-state index in [1.165, 1.54) is 26.2 Å². The largest absolute Gasteiger partial charge is 0.427 e. The van der Waals surface area contributed by atoms with Gasteiger partial charge in [-0.1, -0.05) is 42.9 Å². The van der Waals surface area contributed by atoms with Crippen LogP contribution in [0.3, 0.4) is 0 Å². The molecule has 0 saturated carbocycles. The highest BCUT2D eigenvalue weighted by Gasteiger charge is 2.11. The van der Waals surface area contributed by atoms with Gasteiger partial charge in [-0.3, -0.25) is 4.79 Å². The molecule has 1 aliphatic rings. The van der Waals surface area contributed by atoms with Crippen LogP contribution in [-0.4, -0.2) is 28.9 Å². The van der Waals surface area contributed by atoms with Gasteiger partial charge in [-0.05, 0) is 37.0 Å². The van der Waals surface area contributed by atoms with Crippen LogP contribution in [0.4, 0.5) is 0 Å². The Morgan fingerprint density at radius 1 is 1.29 bits per heavy atom. The number of hydrogen-bond acceptors (Lipinski definition) is 3. The monoisotopic (exact) mass is 303 g/mol. The van der Waals surface area contributed by atoms with Crippen LogP contribution in [0.5, 0.6) is 5.75 Å². The molecular formula is C17H21NO2S. The summed E-state index contributed by atoms with van der Waals surface area (Å²) in [5, 5.41) is 0. The first kappa shape index (κ1) is 15.7. The summed E-state index contributed by atoms with van der Waals surface area (Å²) in [6.45, 7) is 3.33. The van der Waals surface area contributed by atoms with E-state index in [2.05, 4.69) is 17.1 Å². The van der Waals surface area contributed by atoms with Crippen LogP contribution in [0.25, 0.3) is 6.08 Å². The fraction of sp³-hybridized carbons (Fsp3) is 0.412. The summed E-state index contributed by atoms with van der Waals surface area (Å²) >= 11 is 5.44. The highest BCUT2D eigenvalue weighted by Crippen LogP contribution is 2.15. The van der Waals surface area contributed by atoms with Gasteiger partial charge in [-0.2, -0.15) is 0 Å². The van der Waals surface area contributed by atoms with Gasteiger partial charge in [0.2, 0.25) is 0 Å². The predicted octanol–water partition coefficient (Wildman–Crippen LogP) is 3.83. The highest BCUT2D eigenvalue weighted by molar-refractivity contribution is 7.80. The first-order valence-corrected chi connectivity index (χ1v) is 7.79. The topological polar surface area (TPSA) is 29.5 Å². The summed E-state index contributed by atoms with van der Waals surface area (Å²) in [5.74, 6) is 0.279. The third-order valence-corrected chi connectivity index (χ3v) is 3.91. The van der Waals surface area contributed by atoms with E-state index in [0.717, 1.165) is 30.1 Å². The molecule has 0 atom stereocenters. The van der Waals surface area contributed by atoms with Crippen molar-refractivity contribution in [1.29, 1.82) is 0 Å². The zero-order chi connectivity index (χ0) is 15.1. The van der Waals surface area contributed by atoms with E-state index in [9.17, 15) is 4.79 Å². The standard InChI is InChI=1S/C17H21NO2S/c1-14(19)20-16-10-8-15(9-11-16)6-5-13-18-12-4-2-3-7-17(18)21/h5-6,8-11H,2-4,7,12-13H2,1H3/b6-5+. The van der Waals surface area contributed by atoms with Crippen molar-refractivity contribution in [2.75, 3.05) is 13.1 Å². The molecular weight excluding hydrogens is 282 g/mol. The number of benzene rings is 1. The Labute approximate surface area is 131 Å². The highest BCUT2D eigenvalue weighted by atomic mass is 32.1. The SMILES string of the molecule is CC(=O)Oc1ccc(/C=C/CN2CCCCCC2=S)cc1. The second-order valence-electron chi connectivity index (χ2n) is 5.22. The normalized spacial score (nSPS) is 16.0.